The van der Waals surface area contributed by atoms with Gasteiger partial charge in [0.1, 0.15) is 11.5 Å². The fraction of sp³-hybridized carbons (Fsp3) is 0.185. The Morgan fingerprint density at radius 3 is 2.34 bits per heavy atom. The van der Waals surface area contributed by atoms with Gasteiger partial charge in [0.05, 0.1) is 21.8 Å². The zero-order chi connectivity index (χ0) is 26.9. The van der Waals surface area contributed by atoms with E-state index in [9.17, 15) is 13.2 Å². The minimum atomic E-state index is -3.82. The van der Waals surface area contributed by atoms with E-state index in [1.807, 2.05) is 54.6 Å². The molecule has 1 aliphatic heterocycles. The lowest BCUT2D eigenvalue weighted by molar-refractivity contribution is 0.102. The monoisotopic (exact) mass is 613 g/mol. The van der Waals surface area contributed by atoms with Gasteiger partial charge in [-0.15, -0.1) is 0 Å². The molecule has 5 rings (SSSR count). The van der Waals surface area contributed by atoms with Crippen molar-refractivity contribution < 1.29 is 13.2 Å². The Balaban J connectivity index is 1.36. The SMILES string of the molecule is Cn1cnc(-c2ccc(Br)cc2)c1NC(=O)c1cc(S(=O)(=O)N2CCN(c3ccccc3)CC2)ccc1Cl. The molecule has 1 N–H and O–H groups in total. The molecule has 1 saturated heterocycles. The lowest BCUT2D eigenvalue weighted by Gasteiger charge is -2.35. The summed E-state index contributed by atoms with van der Waals surface area (Å²) in [5.74, 6) is -0.0541. The number of nitrogens with zero attached hydrogens (tertiary/aromatic N) is 4. The molecule has 0 unspecified atom stereocenters. The summed E-state index contributed by atoms with van der Waals surface area (Å²) in [7, 11) is -2.05. The Hall–Kier alpha value is -3.18. The van der Waals surface area contributed by atoms with Crippen LogP contribution in [0.2, 0.25) is 5.02 Å². The normalized spacial score (nSPS) is 14.4. The second-order valence-electron chi connectivity index (χ2n) is 8.88. The Bertz CT molecular complexity index is 1570. The largest absolute Gasteiger partial charge is 0.369 e. The fourth-order valence-corrected chi connectivity index (χ4v) is 6.30. The number of aromatic nitrogens is 2. The predicted molar refractivity (Wildman–Crippen MR) is 153 cm³/mol. The van der Waals surface area contributed by atoms with Gasteiger partial charge < -0.3 is 14.8 Å². The molecule has 8 nitrogen and oxygen atoms in total. The standard InChI is InChI=1S/C27H25BrClN5O3S/c1-32-18-30-25(19-7-9-20(28)10-8-19)26(32)31-27(35)23-17-22(11-12-24(23)29)38(36,37)34-15-13-33(14-16-34)21-5-3-2-4-6-21/h2-12,17-18H,13-16H2,1H3,(H,31,35). The number of rotatable bonds is 6. The molecule has 0 saturated carbocycles. The fourth-order valence-electron chi connectivity index (χ4n) is 4.38. The molecular weight excluding hydrogens is 590 g/mol. The Kier molecular flexibility index (Phi) is 7.58. The Labute approximate surface area is 235 Å². The van der Waals surface area contributed by atoms with Gasteiger partial charge >= 0.3 is 0 Å². The number of sulfonamides is 1. The molecule has 2 heterocycles. The molecule has 1 aromatic heterocycles. The number of amides is 1. The molecule has 11 heteroatoms. The van der Waals surface area contributed by atoms with Crippen molar-refractivity contribution in [3.63, 3.8) is 0 Å². The first-order chi connectivity index (χ1) is 18.2. The van der Waals surface area contributed by atoms with Crippen LogP contribution >= 0.6 is 27.5 Å². The van der Waals surface area contributed by atoms with Gasteiger partial charge in [-0.2, -0.15) is 4.31 Å². The molecule has 196 valence electrons. The minimum Gasteiger partial charge on any atom is -0.369 e. The average molecular weight is 615 g/mol. The maximum Gasteiger partial charge on any atom is 0.258 e. The van der Waals surface area contributed by atoms with Crippen molar-refractivity contribution in [3.05, 3.63) is 94.2 Å². The molecule has 0 aliphatic carbocycles. The summed E-state index contributed by atoms with van der Waals surface area (Å²) in [5, 5.41) is 3.02. The molecule has 1 amide bonds. The maximum atomic E-state index is 13.5. The molecule has 0 radical (unpaired) electrons. The lowest BCUT2D eigenvalue weighted by Crippen LogP contribution is -2.48. The number of halogens is 2. The number of nitrogens with one attached hydrogen (secondary N) is 1. The maximum absolute atomic E-state index is 13.5. The second-order valence-corrected chi connectivity index (χ2v) is 12.1. The number of hydrogen-bond acceptors (Lipinski definition) is 5. The predicted octanol–water partition coefficient (Wildman–Crippen LogP) is 5.27. The van der Waals surface area contributed by atoms with E-state index in [4.69, 9.17) is 11.6 Å². The van der Waals surface area contributed by atoms with Crippen LogP contribution in [0.5, 0.6) is 0 Å². The van der Waals surface area contributed by atoms with Crippen molar-refractivity contribution in [3.8, 4) is 11.3 Å². The number of hydrogen-bond donors (Lipinski definition) is 1. The van der Waals surface area contributed by atoms with Crippen molar-refractivity contribution in [1.82, 2.24) is 13.9 Å². The van der Waals surface area contributed by atoms with E-state index >= 15 is 0 Å². The number of imidazole rings is 1. The smallest absolute Gasteiger partial charge is 0.258 e. The summed E-state index contributed by atoms with van der Waals surface area (Å²) < 4.78 is 31.0. The Morgan fingerprint density at radius 1 is 0.974 bits per heavy atom. The highest BCUT2D eigenvalue weighted by atomic mass is 79.9. The lowest BCUT2D eigenvalue weighted by atomic mass is 10.1. The molecule has 1 aliphatic rings. The van der Waals surface area contributed by atoms with E-state index in [2.05, 4.69) is 31.1 Å². The zero-order valence-corrected chi connectivity index (χ0v) is 23.7. The van der Waals surface area contributed by atoms with Gasteiger partial charge in [0.15, 0.2) is 0 Å². The number of carbonyl (C=O) groups is 1. The van der Waals surface area contributed by atoms with Crippen LogP contribution in [-0.2, 0) is 17.1 Å². The molecule has 38 heavy (non-hydrogen) atoms. The van der Waals surface area contributed by atoms with Gasteiger partial charge in [0, 0.05) is 49.0 Å². The number of anilines is 2. The van der Waals surface area contributed by atoms with Crippen LogP contribution in [0.3, 0.4) is 0 Å². The van der Waals surface area contributed by atoms with Crippen LogP contribution in [0, 0.1) is 0 Å². The van der Waals surface area contributed by atoms with Crippen LogP contribution in [0.1, 0.15) is 10.4 Å². The van der Waals surface area contributed by atoms with E-state index in [0.717, 1.165) is 15.7 Å². The minimum absolute atomic E-state index is 0.0263. The van der Waals surface area contributed by atoms with E-state index in [-0.39, 0.29) is 15.5 Å². The third-order valence-electron chi connectivity index (χ3n) is 6.47. The molecule has 1 fully saturated rings. The van der Waals surface area contributed by atoms with Gasteiger partial charge in [-0.05, 0) is 42.5 Å². The summed E-state index contributed by atoms with van der Waals surface area (Å²) in [5.41, 5.74) is 2.54. The second kappa shape index (κ2) is 10.9. The van der Waals surface area contributed by atoms with Crippen molar-refractivity contribution in [1.29, 1.82) is 0 Å². The summed E-state index contributed by atoms with van der Waals surface area (Å²) in [6.07, 6.45) is 1.60. The zero-order valence-electron chi connectivity index (χ0n) is 20.5. The summed E-state index contributed by atoms with van der Waals surface area (Å²) in [4.78, 5) is 19.9. The topological polar surface area (TPSA) is 87.5 Å². The summed E-state index contributed by atoms with van der Waals surface area (Å²) in [6, 6.07) is 21.7. The van der Waals surface area contributed by atoms with Gasteiger partial charge in [-0.3, -0.25) is 4.79 Å². The number of para-hydroxylation sites is 1. The first kappa shape index (κ1) is 26.4. The van der Waals surface area contributed by atoms with Crippen LogP contribution < -0.4 is 10.2 Å². The van der Waals surface area contributed by atoms with Crippen LogP contribution in [-0.4, -0.2) is 54.4 Å². The van der Waals surface area contributed by atoms with Crippen LogP contribution in [0.25, 0.3) is 11.3 Å². The molecule has 0 spiro atoms. The third-order valence-corrected chi connectivity index (χ3v) is 9.22. The van der Waals surface area contributed by atoms with E-state index in [0.29, 0.717) is 37.7 Å². The number of piperazine rings is 1. The third kappa shape index (κ3) is 5.35. The van der Waals surface area contributed by atoms with Gasteiger partial charge in [-0.1, -0.05) is 57.9 Å². The molecule has 0 bridgehead atoms. The van der Waals surface area contributed by atoms with Crippen molar-refractivity contribution in [2.24, 2.45) is 7.05 Å². The number of benzene rings is 3. The highest BCUT2D eigenvalue weighted by molar-refractivity contribution is 9.10. The average Bonchev–Trinajstić information content (AvgIpc) is 3.29. The van der Waals surface area contributed by atoms with Crippen LogP contribution in [0.4, 0.5) is 11.5 Å². The van der Waals surface area contributed by atoms with Gasteiger partial charge in [-0.25, -0.2) is 13.4 Å². The van der Waals surface area contributed by atoms with Crippen LogP contribution in [0.15, 0.2) is 88.5 Å². The van der Waals surface area contributed by atoms with E-state index in [1.165, 1.54) is 22.5 Å². The molecule has 3 aromatic carbocycles. The summed E-state index contributed by atoms with van der Waals surface area (Å²) in [6.45, 7) is 1.83. The Morgan fingerprint density at radius 2 is 1.66 bits per heavy atom. The molecule has 4 aromatic rings. The van der Waals surface area contributed by atoms with Crippen molar-refractivity contribution in [2.75, 3.05) is 36.4 Å². The van der Waals surface area contributed by atoms with E-state index < -0.39 is 15.9 Å². The highest BCUT2D eigenvalue weighted by Crippen LogP contribution is 2.30. The first-order valence-corrected chi connectivity index (χ1v) is 14.5. The number of carbonyl (C=O) groups excluding carboxylic acids is 1. The van der Waals surface area contributed by atoms with Gasteiger partial charge in [0.25, 0.3) is 5.91 Å². The van der Waals surface area contributed by atoms with Gasteiger partial charge in [0.2, 0.25) is 10.0 Å². The molecule has 0 atom stereocenters. The van der Waals surface area contributed by atoms with Crippen molar-refractivity contribution in [2.45, 2.75) is 4.90 Å². The molecular formula is C27H25BrClN5O3S. The van der Waals surface area contributed by atoms with Crippen molar-refractivity contribution >= 4 is 55.0 Å². The highest BCUT2D eigenvalue weighted by Gasteiger charge is 2.30. The first-order valence-electron chi connectivity index (χ1n) is 11.9. The summed E-state index contributed by atoms with van der Waals surface area (Å²) >= 11 is 9.79. The quantitative estimate of drug-likeness (QED) is 0.320. The number of aryl methyl sites for hydroxylation is 1. The van der Waals surface area contributed by atoms with E-state index in [1.54, 1.807) is 17.9 Å².